The molecular weight excluding hydrogens is 264 g/mol. The first-order valence-electron chi connectivity index (χ1n) is 5.44. The van der Waals surface area contributed by atoms with Crippen LogP contribution in [0.4, 0.5) is 4.79 Å². The molecule has 0 spiro atoms. The van der Waals surface area contributed by atoms with Gasteiger partial charge in [0.15, 0.2) is 0 Å². The second-order valence-electron chi connectivity index (χ2n) is 3.76. The van der Waals surface area contributed by atoms with Crippen LogP contribution in [0.1, 0.15) is 0 Å². The van der Waals surface area contributed by atoms with E-state index < -0.39 is 6.16 Å². The number of benzene rings is 1. The monoisotopic (exact) mass is 272 g/mol. The molecule has 0 saturated carbocycles. The van der Waals surface area contributed by atoms with E-state index in [1.54, 1.807) is 30.6 Å². The SMILES string of the molecule is O=C(O)Oc1ccc2nc(-c3cccnc3)sc2c1. The molecule has 6 heteroatoms. The molecule has 0 fully saturated rings. The summed E-state index contributed by atoms with van der Waals surface area (Å²) in [6.45, 7) is 0. The molecule has 0 aliphatic heterocycles. The fourth-order valence-electron chi connectivity index (χ4n) is 1.68. The average molecular weight is 272 g/mol. The van der Waals surface area contributed by atoms with Crippen molar-refractivity contribution in [1.29, 1.82) is 0 Å². The van der Waals surface area contributed by atoms with Gasteiger partial charge in [0.25, 0.3) is 0 Å². The first-order chi connectivity index (χ1) is 9.22. The number of ether oxygens (including phenoxy) is 1. The van der Waals surface area contributed by atoms with E-state index in [2.05, 4.69) is 14.7 Å². The third-order valence-corrected chi connectivity index (χ3v) is 3.54. The number of hydrogen-bond acceptors (Lipinski definition) is 5. The summed E-state index contributed by atoms with van der Waals surface area (Å²) in [5.74, 6) is 0.293. The Labute approximate surface area is 112 Å². The number of carbonyl (C=O) groups is 1. The Bertz CT molecular complexity index is 740. The summed E-state index contributed by atoms with van der Waals surface area (Å²) in [5.41, 5.74) is 1.74. The number of aromatic nitrogens is 2. The minimum absolute atomic E-state index is 0.293. The fourth-order valence-corrected chi connectivity index (χ4v) is 2.67. The minimum Gasteiger partial charge on any atom is -0.449 e. The quantitative estimate of drug-likeness (QED) is 0.571. The molecule has 0 atom stereocenters. The molecule has 3 rings (SSSR count). The third-order valence-electron chi connectivity index (χ3n) is 2.47. The van der Waals surface area contributed by atoms with E-state index in [4.69, 9.17) is 5.11 Å². The van der Waals surface area contributed by atoms with Crippen molar-refractivity contribution in [2.45, 2.75) is 0 Å². The maximum Gasteiger partial charge on any atom is 0.511 e. The van der Waals surface area contributed by atoms with Crippen molar-refractivity contribution in [3.05, 3.63) is 42.7 Å². The molecule has 2 aromatic heterocycles. The minimum atomic E-state index is -1.32. The molecular formula is C13H8N2O3S. The van der Waals surface area contributed by atoms with Crippen LogP contribution in [0.5, 0.6) is 5.75 Å². The summed E-state index contributed by atoms with van der Waals surface area (Å²) < 4.78 is 5.49. The Morgan fingerprint density at radius 1 is 1.32 bits per heavy atom. The van der Waals surface area contributed by atoms with E-state index in [-0.39, 0.29) is 0 Å². The lowest BCUT2D eigenvalue weighted by atomic mass is 10.3. The van der Waals surface area contributed by atoms with E-state index in [0.29, 0.717) is 5.75 Å². The molecule has 5 nitrogen and oxygen atoms in total. The standard InChI is InChI=1S/C13H8N2O3S/c16-13(17)18-9-3-4-10-11(6-9)19-12(15-10)8-2-1-5-14-7-8/h1-7H,(H,16,17). The normalized spacial score (nSPS) is 10.5. The Morgan fingerprint density at radius 2 is 2.21 bits per heavy atom. The molecule has 1 aromatic carbocycles. The molecule has 0 saturated heterocycles. The molecule has 2 heterocycles. The van der Waals surface area contributed by atoms with Crippen LogP contribution in [0, 0.1) is 0 Å². The van der Waals surface area contributed by atoms with E-state index in [0.717, 1.165) is 20.8 Å². The molecule has 0 aliphatic rings. The van der Waals surface area contributed by atoms with Gasteiger partial charge in [-0.25, -0.2) is 9.78 Å². The van der Waals surface area contributed by atoms with Gasteiger partial charge in [-0.2, -0.15) is 0 Å². The largest absolute Gasteiger partial charge is 0.511 e. The highest BCUT2D eigenvalue weighted by Crippen LogP contribution is 2.31. The van der Waals surface area contributed by atoms with Gasteiger partial charge in [-0.15, -0.1) is 11.3 Å². The van der Waals surface area contributed by atoms with Gasteiger partial charge in [0.05, 0.1) is 10.2 Å². The Kier molecular flexibility index (Phi) is 2.85. The summed E-state index contributed by atoms with van der Waals surface area (Å²) in [6.07, 6.45) is 2.12. The zero-order valence-electron chi connectivity index (χ0n) is 9.61. The molecule has 0 radical (unpaired) electrons. The van der Waals surface area contributed by atoms with Gasteiger partial charge in [0, 0.05) is 24.0 Å². The molecule has 1 N–H and O–H groups in total. The molecule has 0 bridgehead atoms. The summed E-state index contributed by atoms with van der Waals surface area (Å²) in [5, 5.41) is 9.42. The lowest BCUT2D eigenvalue weighted by molar-refractivity contribution is 0.144. The highest BCUT2D eigenvalue weighted by atomic mass is 32.1. The van der Waals surface area contributed by atoms with Gasteiger partial charge >= 0.3 is 6.16 Å². The second-order valence-corrected chi connectivity index (χ2v) is 4.79. The fraction of sp³-hybridized carbons (Fsp3) is 0. The Balaban J connectivity index is 2.04. The second kappa shape index (κ2) is 4.66. The molecule has 0 aliphatic carbocycles. The van der Waals surface area contributed by atoms with Crippen LogP contribution >= 0.6 is 11.3 Å². The summed E-state index contributed by atoms with van der Waals surface area (Å²) >= 11 is 1.47. The summed E-state index contributed by atoms with van der Waals surface area (Å²) in [6, 6.07) is 8.77. The van der Waals surface area contributed by atoms with Crippen LogP contribution in [0.3, 0.4) is 0 Å². The van der Waals surface area contributed by atoms with Crippen LogP contribution in [0.2, 0.25) is 0 Å². The first kappa shape index (κ1) is 11.6. The maximum atomic E-state index is 10.5. The number of carboxylic acid groups (broad SMARTS) is 1. The van der Waals surface area contributed by atoms with Crippen LogP contribution < -0.4 is 4.74 Å². The number of pyridine rings is 1. The van der Waals surface area contributed by atoms with Crippen molar-refractivity contribution in [2.75, 3.05) is 0 Å². The molecule has 0 unspecified atom stereocenters. The Hall–Kier alpha value is -2.47. The van der Waals surface area contributed by atoms with Crippen LogP contribution in [-0.2, 0) is 0 Å². The van der Waals surface area contributed by atoms with Crippen LogP contribution in [0.15, 0.2) is 42.7 Å². The van der Waals surface area contributed by atoms with Crippen molar-refractivity contribution in [3.63, 3.8) is 0 Å². The van der Waals surface area contributed by atoms with Gasteiger partial charge in [-0.05, 0) is 24.3 Å². The predicted octanol–water partition coefficient (Wildman–Crippen LogP) is 3.42. The van der Waals surface area contributed by atoms with E-state index in [9.17, 15) is 4.79 Å². The van der Waals surface area contributed by atoms with Crippen molar-refractivity contribution in [2.24, 2.45) is 0 Å². The van der Waals surface area contributed by atoms with Crippen molar-refractivity contribution >= 4 is 27.7 Å². The maximum absolute atomic E-state index is 10.5. The number of nitrogens with zero attached hydrogens (tertiary/aromatic N) is 2. The van der Waals surface area contributed by atoms with Gasteiger partial charge in [-0.3, -0.25) is 4.98 Å². The number of fused-ring (bicyclic) bond motifs is 1. The molecule has 3 aromatic rings. The average Bonchev–Trinajstić information content (AvgIpc) is 2.82. The topological polar surface area (TPSA) is 72.3 Å². The highest BCUT2D eigenvalue weighted by Gasteiger charge is 2.08. The molecule has 19 heavy (non-hydrogen) atoms. The number of hydrogen-bond donors (Lipinski definition) is 1. The third kappa shape index (κ3) is 2.38. The lowest BCUT2D eigenvalue weighted by Gasteiger charge is -1.97. The molecule has 0 amide bonds. The van der Waals surface area contributed by atoms with Gasteiger partial charge < -0.3 is 9.84 Å². The zero-order valence-corrected chi connectivity index (χ0v) is 10.4. The van der Waals surface area contributed by atoms with Crippen LogP contribution in [-0.4, -0.2) is 21.2 Å². The predicted molar refractivity (Wildman–Crippen MR) is 71.5 cm³/mol. The van der Waals surface area contributed by atoms with Gasteiger partial charge in [0.2, 0.25) is 0 Å². The van der Waals surface area contributed by atoms with E-state index >= 15 is 0 Å². The van der Waals surface area contributed by atoms with Crippen LogP contribution in [0.25, 0.3) is 20.8 Å². The summed E-state index contributed by atoms with van der Waals surface area (Å²) in [4.78, 5) is 19.0. The zero-order chi connectivity index (χ0) is 13.2. The molecule has 94 valence electrons. The number of rotatable bonds is 2. The van der Waals surface area contributed by atoms with Crippen molar-refractivity contribution in [3.8, 4) is 16.3 Å². The Morgan fingerprint density at radius 3 is 2.95 bits per heavy atom. The van der Waals surface area contributed by atoms with E-state index in [1.165, 1.54) is 11.3 Å². The lowest BCUT2D eigenvalue weighted by Crippen LogP contribution is -2.02. The van der Waals surface area contributed by atoms with Gasteiger partial charge in [-0.1, -0.05) is 0 Å². The van der Waals surface area contributed by atoms with Crippen molar-refractivity contribution in [1.82, 2.24) is 9.97 Å². The smallest absolute Gasteiger partial charge is 0.449 e. The first-order valence-corrected chi connectivity index (χ1v) is 6.26. The van der Waals surface area contributed by atoms with E-state index in [1.807, 2.05) is 12.1 Å². The highest BCUT2D eigenvalue weighted by molar-refractivity contribution is 7.21. The summed E-state index contributed by atoms with van der Waals surface area (Å²) in [7, 11) is 0. The van der Waals surface area contributed by atoms with Crippen molar-refractivity contribution < 1.29 is 14.6 Å². The van der Waals surface area contributed by atoms with Gasteiger partial charge in [0.1, 0.15) is 10.8 Å². The number of thiazole rings is 1.